The van der Waals surface area contributed by atoms with Crippen molar-refractivity contribution < 1.29 is 48.3 Å². The minimum absolute atomic E-state index is 0.0567. The number of aryl methyl sites for hydroxylation is 2. The Kier molecular flexibility index (Phi) is 11.8. The van der Waals surface area contributed by atoms with Crippen molar-refractivity contribution in [2.24, 2.45) is 5.90 Å². The van der Waals surface area contributed by atoms with E-state index in [1.54, 1.807) is 47.2 Å². The fourth-order valence-electron chi connectivity index (χ4n) is 11.4. The summed E-state index contributed by atoms with van der Waals surface area (Å²) in [6.07, 6.45) is 1.41. The fraction of sp³-hybridized carbons (Fsp3) is 0.288. The molecule has 2 atom stereocenters. The van der Waals surface area contributed by atoms with Gasteiger partial charge in [-0.3, -0.25) is 9.59 Å². The normalized spacial score (nSPS) is 17.8. The van der Waals surface area contributed by atoms with Crippen molar-refractivity contribution in [1.29, 1.82) is 0 Å². The molecule has 17 heteroatoms. The van der Waals surface area contributed by atoms with E-state index < -0.39 is 23.1 Å². The third kappa shape index (κ3) is 7.62. The monoisotopic (exact) mass is 1020 g/mol. The van der Waals surface area contributed by atoms with E-state index >= 15 is 0 Å². The highest BCUT2D eigenvalue weighted by molar-refractivity contribution is 5.91. The minimum atomic E-state index is -1.92. The van der Waals surface area contributed by atoms with Gasteiger partial charge in [0.15, 0.2) is 11.2 Å². The number of nitrogens with zero attached hydrogens (tertiary/aromatic N) is 4. The van der Waals surface area contributed by atoms with E-state index in [4.69, 9.17) is 44.4 Å². The first-order valence-electron chi connectivity index (χ1n) is 25.5. The number of esters is 2. The molecule has 0 amide bonds. The number of nitrogens with two attached hydrogens (primary N) is 1. The molecule has 12 rings (SSSR count). The predicted octanol–water partition coefficient (Wildman–Crippen LogP) is 7.59. The molecular weight excluding hydrogens is 971 g/mol. The Morgan fingerprint density at radius 1 is 0.566 bits per heavy atom. The zero-order valence-corrected chi connectivity index (χ0v) is 42.3. The van der Waals surface area contributed by atoms with E-state index in [2.05, 4.69) is 13.8 Å². The number of aromatic nitrogens is 4. The van der Waals surface area contributed by atoms with Crippen molar-refractivity contribution >= 4 is 33.7 Å². The predicted molar refractivity (Wildman–Crippen MR) is 279 cm³/mol. The molecule has 0 fully saturated rings. The zero-order chi connectivity index (χ0) is 52.8. The maximum atomic E-state index is 13.9. The second-order valence-corrected chi connectivity index (χ2v) is 19.7. The Morgan fingerprint density at radius 2 is 1.04 bits per heavy atom. The number of carbonyl (C=O) groups excluding carboxylic acids is 2. The van der Waals surface area contributed by atoms with E-state index in [1.807, 2.05) is 66.7 Å². The highest BCUT2D eigenvalue weighted by atomic mass is 16.6. The third-order valence-electron chi connectivity index (χ3n) is 15.6. The SMILES string of the molecule is CCc1c2c(nc3ccc(OCc4ccc(OCc5ccc(ON)cc5)c(COc5ccc6nc7c(c(CC)c6c5)Cn5c-7cc6c(c5=O)COC(=O)[C@]6(O)CC)c4)cc13)-c1cc3c(c(=O)n1C2)COC(=O)[C@]3(O)CC. The van der Waals surface area contributed by atoms with Crippen LogP contribution in [0, 0.1) is 0 Å². The Labute approximate surface area is 434 Å². The molecule has 0 radical (unpaired) electrons. The molecule has 0 saturated heterocycles. The van der Waals surface area contributed by atoms with Gasteiger partial charge in [0.25, 0.3) is 11.1 Å². The van der Waals surface area contributed by atoms with Crippen LogP contribution in [0.15, 0.2) is 101 Å². The van der Waals surface area contributed by atoms with Crippen molar-refractivity contribution in [3.05, 3.63) is 173 Å². The Balaban J connectivity index is 0.825. The Hall–Kier alpha value is -8.38. The van der Waals surface area contributed by atoms with Gasteiger partial charge in [-0.05, 0) is 121 Å². The van der Waals surface area contributed by atoms with Crippen LogP contribution in [0.5, 0.6) is 23.0 Å². The Morgan fingerprint density at radius 3 is 1.53 bits per heavy atom. The number of rotatable bonds is 14. The summed E-state index contributed by atoms with van der Waals surface area (Å²) in [6, 6.07) is 28.1. The molecule has 4 aliphatic rings. The van der Waals surface area contributed by atoms with Crippen molar-refractivity contribution in [2.45, 2.75) is 111 Å². The van der Waals surface area contributed by atoms with Crippen LogP contribution in [-0.4, -0.2) is 41.3 Å². The molecule has 76 heavy (non-hydrogen) atoms. The average molecular weight is 1020 g/mol. The van der Waals surface area contributed by atoms with Crippen molar-refractivity contribution in [2.75, 3.05) is 0 Å². The van der Waals surface area contributed by atoms with Gasteiger partial charge < -0.3 is 47.9 Å². The second kappa shape index (κ2) is 18.5. The summed E-state index contributed by atoms with van der Waals surface area (Å²) in [5.74, 6) is 6.20. The van der Waals surface area contributed by atoms with Crippen LogP contribution in [-0.2, 0) is 89.2 Å². The van der Waals surface area contributed by atoms with Crippen LogP contribution in [0.1, 0.15) is 102 Å². The number of benzene rings is 4. The maximum absolute atomic E-state index is 13.9. The minimum Gasteiger partial charge on any atom is -0.489 e. The standard InChI is InChI=1S/C59H53N5O12/c1-5-37-39-20-35(14-16-47(39)61-52-41(37)24-63-49(52)22-45-43(54(63)65)29-74-56(67)58(45,69)7-3)71-27-32-11-18-51(73-26-31-9-12-34(76-60)13-10-31)33(19-32)28-72-36-15-17-48-40(21-36)38(6-2)42-25-64-50(53(42)62-48)23-46-44(55(64)66)30-75-57(68)59(46,70)8-4/h9-23,69-70H,5-8,24-30,60H2,1-4H3/t58-,59-/m0/s1. The highest BCUT2D eigenvalue weighted by Gasteiger charge is 2.47. The first-order chi connectivity index (χ1) is 36.8. The maximum Gasteiger partial charge on any atom is 0.343 e. The molecule has 386 valence electrons. The lowest BCUT2D eigenvalue weighted by Crippen LogP contribution is -2.44. The zero-order valence-electron chi connectivity index (χ0n) is 42.3. The van der Waals surface area contributed by atoms with Crippen LogP contribution >= 0.6 is 0 Å². The summed E-state index contributed by atoms with van der Waals surface area (Å²) in [5, 5.41) is 24.5. The van der Waals surface area contributed by atoms with Crippen LogP contribution in [0.3, 0.4) is 0 Å². The molecule has 0 spiro atoms. The van der Waals surface area contributed by atoms with E-state index in [1.165, 1.54) is 0 Å². The van der Waals surface area contributed by atoms with E-state index in [9.17, 15) is 29.4 Å². The van der Waals surface area contributed by atoms with Gasteiger partial charge >= 0.3 is 11.9 Å². The summed E-state index contributed by atoms with van der Waals surface area (Å²) >= 11 is 0. The van der Waals surface area contributed by atoms with Crippen LogP contribution in [0.2, 0.25) is 0 Å². The van der Waals surface area contributed by atoms with Crippen molar-refractivity contribution in [3.8, 4) is 45.8 Å². The topological polar surface area (TPSA) is 226 Å². The summed E-state index contributed by atoms with van der Waals surface area (Å²) in [6.45, 7) is 8.30. The first-order valence-corrected chi connectivity index (χ1v) is 25.5. The van der Waals surface area contributed by atoms with E-state index in [-0.39, 0.29) is 85.8 Å². The molecular formula is C59H53N5O12. The summed E-state index contributed by atoms with van der Waals surface area (Å²) in [4.78, 5) is 68.3. The van der Waals surface area contributed by atoms with Gasteiger partial charge in [0.05, 0.1) is 58.0 Å². The van der Waals surface area contributed by atoms with Crippen LogP contribution < -0.4 is 36.1 Å². The number of hydrogen-bond acceptors (Lipinski definition) is 15. The molecule has 4 aromatic carbocycles. The van der Waals surface area contributed by atoms with Crippen molar-refractivity contribution in [1.82, 2.24) is 19.1 Å². The summed E-state index contributed by atoms with van der Waals surface area (Å²) < 4.78 is 33.3. The first kappa shape index (κ1) is 48.6. The number of cyclic esters (lactones) is 2. The molecule has 0 aliphatic carbocycles. The van der Waals surface area contributed by atoms with Gasteiger partial charge in [0.1, 0.15) is 56.0 Å². The number of aliphatic hydroxyl groups is 2. The quantitative estimate of drug-likeness (QED) is 0.0705. The van der Waals surface area contributed by atoms with E-state index in [0.717, 1.165) is 55.2 Å². The molecule has 4 aliphatic heterocycles. The number of fused-ring (bicyclic) bond motifs is 10. The van der Waals surface area contributed by atoms with Crippen molar-refractivity contribution in [3.63, 3.8) is 0 Å². The van der Waals surface area contributed by atoms with Crippen LogP contribution in [0.25, 0.3) is 44.6 Å². The number of hydrogen-bond donors (Lipinski definition) is 3. The Bertz CT molecular complexity index is 3900. The molecule has 0 unspecified atom stereocenters. The summed E-state index contributed by atoms with van der Waals surface area (Å²) in [5.41, 5.74) is 6.85. The van der Waals surface area contributed by atoms with Gasteiger partial charge in [-0.1, -0.05) is 45.9 Å². The van der Waals surface area contributed by atoms with E-state index in [0.29, 0.717) is 70.7 Å². The van der Waals surface area contributed by atoms with Gasteiger partial charge in [-0.25, -0.2) is 19.6 Å². The molecule has 17 nitrogen and oxygen atoms in total. The lowest BCUT2D eigenvalue weighted by atomic mass is 9.86. The van der Waals surface area contributed by atoms with Crippen LogP contribution in [0.4, 0.5) is 0 Å². The molecule has 4 N–H and O–H groups in total. The molecule has 0 saturated carbocycles. The smallest absolute Gasteiger partial charge is 0.343 e. The largest absolute Gasteiger partial charge is 0.489 e. The average Bonchev–Trinajstić information content (AvgIpc) is 4.01. The third-order valence-corrected chi connectivity index (χ3v) is 15.6. The molecule has 0 bridgehead atoms. The molecule has 8 heterocycles. The lowest BCUT2D eigenvalue weighted by molar-refractivity contribution is -0.172. The number of pyridine rings is 4. The van der Waals surface area contributed by atoms with Gasteiger partial charge in [-0.2, -0.15) is 5.90 Å². The summed E-state index contributed by atoms with van der Waals surface area (Å²) in [7, 11) is 0. The van der Waals surface area contributed by atoms with Gasteiger partial charge in [0, 0.05) is 38.6 Å². The molecule has 8 aromatic rings. The second-order valence-electron chi connectivity index (χ2n) is 19.7. The molecule has 4 aromatic heterocycles. The highest BCUT2D eigenvalue weighted by Crippen LogP contribution is 2.43. The number of ether oxygens (including phenoxy) is 5. The fourth-order valence-corrected chi connectivity index (χ4v) is 11.4. The number of carbonyl (C=O) groups is 2. The van der Waals surface area contributed by atoms with Gasteiger partial charge in [0.2, 0.25) is 0 Å². The van der Waals surface area contributed by atoms with Gasteiger partial charge in [-0.15, -0.1) is 0 Å². The lowest BCUT2D eigenvalue weighted by Gasteiger charge is -2.31.